The van der Waals surface area contributed by atoms with Crippen molar-refractivity contribution in [2.24, 2.45) is 0 Å². The highest BCUT2D eigenvalue weighted by molar-refractivity contribution is 8.00. The van der Waals surface area contributed by atoms with Gasteiger partial charge in [-0.3, -0.25) is 10.0 Å². The van der Waals surface area contributed by atoms with Gasteiger partial charge in [0, 0.05) is 29.3 Å². The number of amides is 1. The molecule has 0 aliphatic carbocycles. The number of halogens is 1. The lowest BCUT2D eigenvalue weighted by Gasteiger charge is -2.35. The van der Waals surface area contributed by atoms with E-state index < -0.39 is 5.91 Å². The number of rotatable bonds is 6. The molecular formula is C19H20FNO4S. The summed E-state index contributed by atoms with van der Waals surface area (Å²) in [5, 5.41) is 8.86. The Morgan fingerprint density at radius 3 is 2.27 bits per heavy atom. The van der Waals surface area contributed by atoms with Crippen LogP contribution in [0.15, 0.2) is 53.4 Å². The summed E-state index contributed by atoms with van der Waals surface area (Å²) in [6.07, 6.45) is 1.70. The van der Waals surface area contributed by atoms with Crippen LogP contribution in [0, 0.1) is 5.82 Å². The van der Waals surface area contributed by atoms with Crippen molar-refractivity contribution in [2.75, 3.05) is 13.2 Å². The van der Waals surface area contributed by atoms with E-state index in [2.05, 4.69) is 0 Å². The SMILES string of the molecule is O=C(CC1(Sc2ccc(Oc3ccc(F)cc3)cc2)CCOCC1)NO. The molecule has 1 amide bonds. The molecule has 1 heterocycles. The summed E-state index contributed by atoms with van der Waals surface area (Å²) in [5.74, 6) is 0.510. The van der Waals surface area contributed by atoms with Crippen molar-refractivity contribution in [2.45, 2.75) is 28.9 Å². The summed E-state index contributed by atoms with van der Waals surface area (Å²) in [7, 11) is 0. The molecule has 2 aromatic carbocycles. The molecule has 1 aliphatic heterocycles. The van der Waals surface area contributed by atoms with Crippen molar-refractivity contribution in [3.05, 3.63) is 54.3 Å². The van der Waals surface area contributed by atoms with E-state index >= 15 is 0 Å². The normalized spacial score (nSPS) is 16.1. The zero-order valence-electron chi connectivity index (χ0n) is 14.1. The maximum atomic E-state index is 12.9. The van der Waals surface area contributed by atoms with Crippen LogP contribution in [0.25, 0.3) is 0 Å². The summed E-state index contributed by atoms with van der Waals surface area (Å²) in [6, 6.07) is 13.4. The summed E-state index contributed by atoms with van der Waals surface area (Å²) in [5.41, 5.74) is 1.72. The Kier molecular flexibility index (Phi) is 6.13. The predicted molar refractivity (Wildman–Crippen MR) is 96.1 cm³/mol. The lowest BCUT2D eigenvalue weighted by molar-refractivity contribution is -0.130. The number of nitrogens with one attached hydrogen (secondary N) is 1. The highest BCUT2D eigenvalue weighted by Crippen LogP contribution is 2.43. The number of hydrogen-bond donors (Lipinski definition) is 2. The fourth-order valence-electron chi connectivity index (χ4n) is 2.85. The molecule has 0 atom stereocenters. The molecule has 0 saturated carbocycles. The molecule has 0 aromatic heterocycles. The summed E-state index contributed by atoms with van der Waals surface area (Å²) in [4.78, 5) is 12.7. The van der Waals surface area contributed by atoms with E-state index in [-0.39, 0.29) is 17.0 Å². The number of ether oxygens (including phenoxy) is 2. The van der Waals surface area contributed by atoms with Gasteiger partial charge in [-0.05, 0) is 61.4 Å². The average Bonchev–Trinajstić information content (AvgIpc) is 2.66. The lowest BCUT2D eigenvalue weighted by atomic mass is 9.95. The molecule has 0 unspecified atom stereocenters. The minimum Gasteiger partial charge on any atom is -0.457 e. The number of hydrogen-bond acceptors (Lipinski definition) is 5. The lowest BCUT2D eigenvalue weighted by Crippen LogP contribution is -2.38. The van der Waals surface area contributed by atoms with Crippen molar-refractivity contribution < 1.29 is 23.9 Å². The molecule has 0 bridgehead atoms. The minimum absolute atomic E-state index is 0.228. The summed E-state index contributed by atoms with van der Waals surface area (Å²) >= 11 is 1.62. The van der Waals surface area contributed by atoms with Gasteiger partial charge in [0.05, 0.1) is 0 Å². The highest BCUT2D eigenvalue weighted by Gasteiger charge is 2.36. The van der Waals surface area contributed by atoms with Gasteiger partial charge in [-0.15, -0.1) is 11.8 Å². The second-order valence-electron chi connectivity index (χ2n) is 6.14. The van der Waals surface area contributed by atoms with Crippen LogP contribution < -0.4 is 10.2 Å². The van der Waals surface area contributed by atoms with Gasteiger partial charge >= 0.3 is 0 Å². The van der Waals surface area contributed by atoms with Gasteiger partial charge < -0.3 is 9.47 Å². The first kappa shape index (κ1) is 18.7. The Balaban J connectivity index is 1.68. The molecule has 5 nitrogen and oxygen atoms in total. The minimum atomic E-state index is -0.393. The van der Waals surface area contributed by atoms with Crippen LogP contribution in [0.1, 0.15) is 19.3 Å². The number of carbonyl (C=O) groups excluding carboxylic acids is 1. The molecule has 138 valence electrons. The molecule has 1 aliphatic rings. The summed E-state index contributed by atoms with van der Waals surface area (Å²) in [6.45, 7) is 1.19. The van der Waals surface area contributed by atoms with Crippen molar-refractivity contribution in [3.8, 4) is 11.5 Å². The van der Waals surface area contributed by atoms with Crippen LogP contribution in [0.5, 0.6) is 11.5 Å². The van der Waals surface area contributed by atoms with Crippen molar-refractivity contribution in [3.63, 3.8) is 0 Å². The Bertz CT molecular complexity index is 730. The zero-order chi connectivity index (χ0) is 18.4. The first-order valence-corrected chi connectivity index (χ1v) is 9.13. The highest BCUT2D eigenvalue weighted by atomic mass is 32.2. The Hall–Kier alpha value is -2.09. The number of benzene rings is 2. The van der Waals surface area contributed by atoms with Crippen molar-refractivity contribution in [1.29, 1.82) is 0 Å². The second-order valence-corrected chi connectivity index (χ2v) is 7.68. The Morgan fingerprint density at radius 1 is 1.12 bits per heavy atom. The van der Waals surface area contributed by atoms with Gasteiger partial charge in [0.2, 0.25) is 5.91 Å². The van der Waals surface area contributed by atoms with E-state index in [4.69, 9.17) is 14.7 Å². The van der Waals surface area contributed by atoms with Crippen LogP contribution in [0.2, 0.25) is 0 Å². The van der Waals surface area contributed by atoms with E-state index in [9.17, 15) is 9.18 Å². The van der Waals surface area contributed by atoms with Crippen molar-refractivity contribution in [1.82, 2.24) is 5.48 Å². The van der Waals surface area contributed by atoms with Gasteiger partial charge in [0.15, 0.2) is 0 Å². The van der Waals surface area contributed by atoms with E-state index in [0.717, 1.165) is 17.7 Å². The van der Waals surface area contributed by atoms with Gasteiger partial charge in [0.25, 0.3) is 0 Å². The molecule has 1 saturated heterocycles. The predicted octanol–water partition coefficient (Wildman–Crippen LogP) is 4.15. The van der Waals surface area contributed by atoms with Crippen LogP contribution >= 0.6 is 11.8 Å². The van der Waals surface area contributed by atoms with Gasteiger partial charge in [0.1, 0.15) is 17.3 Å². The van der Waals surface area contributed by atoms with Gasteiger partial charge in [-0.25, -0.2) is 9.87 Å². The maximum absolute atomic E-state index is 12.9. The third-order valence-corrected chi connectivity index (χ3v) is 5.71. The second kappa shape index (κ2) is 8.53. The standard InChI is InChI=1S/C19H20FNO4S/c20-14-1-3-15(4-2-14)25-16-5-7-17(8-6-16)26-19(13-18(22)21-23)9-11-24-12-10-19/h1-8,23H,9-13H2,(H,21,22). The molecule has 0 spiro atoms. The van der Waals surface area contributed by atoms with Crippen LogP contribution in [0.3, 0.4) is 0 Å². The fourth-order valence-corrected chi connectivity index (χ4v) is 4.20. The van der Waals surface area contributed by atoms with E-state index in [1.54, 1.807) is 29.4 Å². The molecule has 7 heteroatoms. The molecule has 2 N–H and O–H groups in total. The maximum Gasteiger partial charge on any atom is 0.244 e. The number of carbonyl (C=O) groups is 1. The van der Waals surface area contributed by atoms with Crippen LogP contribution in [-0.4, -0.2) is 29.1 Å². The van der Waals surface area contributed by atoms with Crippen LogP contribution in [0.4, 0.5) is 4.39 Å². The van der Waals surface area contributed by atoms with Crippen LogP contribution in [-0.2, 0) is 9.53 Å². The monoisotopic (exact) mass is 377 g/mol. The van der Waals surface area contributed by atoms with Crippen molar-refractivity contribution >= 4 is 17.7 Å². The molecule has 2 aromatic rings. The van der Waals surface area contributed by atoms with E-state index in [0.29, 0.717) is 24.7 Å². The molecule has 3 rings (SSSR count). The quantitative estimate of drug-likeness (QED) is 0.585. The zero-order valence-corrected chi connectivity index (χ0v) is 14.9. The first-order valence-electron chi connectivity index (χ1n) is 8.32. The number of thioether (sulfide) groups is 1. The number of hydroxylamine groups is 1. The largest absolute Gasteiger partial charge is 0.457 e. The smallest absolute Gasteiger partial charge is 0.244 e. The molecule has 0 radical (unpaired) electrons. The fraction of sp³-hybridized carbons (Fsp3) is 0.316. The third-order valence-electron chi connectivity index (χ3n) is 4.22. The molecule has 26 heavy (non-hydrogen) atoms. The van der Waals surface area contributed by atoms with E-state index in [1.807, 2.05) is 24.3 Å². The Labute approximate surface area is 155 Å². The van der Waals surface area contributed by atoms with Gasteiger partial charge in [-0.1, -0.05) is 0 Å². The first-order chi connectivity index (χ1) is 12.6. The molecular weight excluding hydrogens is 357 g/mol. The summed E-state index contributed by atoms with van der Waals surface area (Å²) < 4.78 is 23.8. The third kappa shape index (κ3) is 4.97. The molecule has 1 fully saturated rings. The van der Waals surface area contributed by atoms with Gasteiger partial charge in [-0.2, -0.15) is 0 Å². The topological polar surface area (TPSA) is 67.8 Å². The average molecular weight is 377 g/mol. The van der Waals surface area contributed by atoms with E-state index in [1.165, 1.54) is 12.1 Å². The Morgan fingerprint density at radius 2 is 1.69 bits per heavy atom.